The zero-order chi connectivity index (χ0) is 16.0. The Hall–Kier alpha value is -1.62. The van der Waals surface area contributed by atoms with Crippen LogP contribution in [-0.2, 0) is 0 Å². The minimum absolute atomic E-state index is 0.0700. The van der Waals surface area contributed by atoms with Crippen LogP contribution in [0.3, 0.4) is 0 Å². The van der Waals surface area contributed by atoms with Crippen LogP contribution in [0.4, 0.5) is 5.69 Å². The average molecular weight is 292 g/mol. The average Bonchev–Trinajstić information content (AvgIpc) is 2.36. The molecule has 5 heteroatoms. The molecule has 1 aromatic heterocycles. The van der Waals surface area contributed by atoms with Gasteiger partial charge in [0.25, 0.3) is 5.91 Å². The van der Waals surface area contributed by atoms with Crippen LogP contribution in [0.5, 0.6) is 0 Å². The fourth-order valence-corrected chi connectivity index (χ4v) is 2.40. The highest BCUT2D eigenvalue weighted by Crippen LogP contribution is 2.16. The summed E-state index contributed by atoms with van der Waals surface area (Å²) in [6.07, 6.45) is 2.59. The van der Waals surface area contributed by atoms with Crippen LogP contribution in [0, 0.1) is 12.8 Å². The number of likely N-dealkylation sites (N-methyl/N-ethyl adjacent to an activating group) is 1. The highest BCUT2D eigenvalue weighted by Gasteiger charge is 2.18. The number of hydrogen-bond donors (Lipinski definition) is 2. The molecule has 0 aliphatic heterocycles. The molecule has 0 aliphatic carbocycles. The van der Waals surface area contributed by atoms with Crippen LogP contribution in [-0.4, -0.2) is 49.5 Å². The summed E-state index contributed by atoms with van der Waals surface area (Å²) >= 11 is 0. The molecule has 0 saturated carbocycles. The van der Waals surface area contributed by atoms with E-state index in [-0.39, 0.29) is 11.9 Å². The Morgan fingerprint density at radius 1 is 1.38 bits per heavy atom. The number of rotatable bonds is 7. The molecule has 1 amide bonds. The minimum atomic E-state index is -0.0700. The number of carbonyl (C=O) groups is 1. The number of pyridine rings is 1. The van der Waals surface area contributed by atoms with Gasteiger partial charge in [0, 0.05) is 31.5 Å². The van der Waals surface area contributed by atoms with E-state index in [9.17, 15) is 4.79 Å². The van der Waals surface area contributed by atoms with E-state index < -0.39 is 0 Å². The normalized spacial score (nSPS) is 12.6. The molecule has 1 rings (SSSR count). The first-order valence-corrected chi connectivity index (χ1v) is 7.43. The van der Waals surface area contributed by atoms with Crippen molar-refractivity contribution in [1.82, 2.24) is 15.2 Å². The Morgan fingerprint density at radius 3 is 2.57 bits per heavy atom. The maximum absolute atomic E-state index is 12.5. The Bertz CT molecular complexity index is 461. The van der Waals surface area contributed by atoms with Gasteiger partial charge in [-0.2, -0.15) is 0 Å². The summed E-state index contributed by atoms with van der Waals surface area (Å²) in [6, 6.07) is 2.02. The highest BCUT2D eigenvalue weighted by molar-refractivity contribution is 5.99. The van der Waals surface area contributed by atoms with Crippen molar-refractivity contribution in [2.75, 3.05) is 33.0 Å². The van der Waals surface area contributed by atoms with Gasteiger partial charge in [0.05, 0.1) is 11.3 Å². The van der Waals surface area contributed by atoms with Gasteiger partial charge in [-0.3, -0.25) is 9.78 Å². The van der Waals surface area contributed by atoms with E-state index in [1.807, 2.05) is 34.1 Å². The van der Waals surface area contributed by atoms with E-state index >= 15 is 0 Å². The third-order valence-corrected chi connectivity index (χ3v) is 3.23. The number of carbonyl (C=O) groups excluding carboxylic acids is 1. The van der Waals surface area contributed by atoms with Crippen LogP contribution in [0.15, 0.2) is 12.3 Å². The molecule has 21 heavy (non-hydrogen) atoms. The highest BCUT2D eigenvalue weighted by atomic mass is 16.1. The minimum Gasteiger partial charge on any atom is -0.387 e. The number of anilines is 1. The quantitative estimate of drug-likeness (QED) is 0.808. The Kier molecular flexibility index (Phi) is 6.62. The van der Waals surface area contributed by atoms with Gasteiger partial charge in [-0.25, -0.2) is 0 Å². The van der Waals surface area contributed by atoms with Gasteiger partial charge in [0.2, 0.25) is 0 Å². The summed E-state index contributed by atoms with van der Waals surface area (Å²) in [5, 5.41) is 6.19. The molecule has 0 fully saturated rings. The summed E-state index contributed by atoms with van der Waals surface area (Å²) in [5.41, 5.74) is 2.30. The fourth-order valence-electron chi connectivity index (χ4n) is 2.40. The molecular formula is C16H28N4O. The summed E-state index contributed by atoms with van der Waals surface area (Å²) < 4.78 is 0. The van der Waals surface area contributed by atoms with Crippen LogP contribution < -0.4 is 10.6 Å². The first-order valence-electron chi connectivity index (χ1n) is 7.43. The van der Waals surface area contributed by atoms with Crippen LogP contribution in [0.25, 0.3) is 0 Å². The van der Waals surface area contributed by atoms with E-state index in [2.05, 4.69) is 34.4 Å². The molecule has 0 aliphatic rings. The van der Waals surface area contributed by atoms with Crippen molar-refractivity contribution in [3.05, 3.63) is 23.5 Å². The number of aromatic nitrogens is 1. The van der Waals surface area contributed by atoms with Crippen molar-refractivity contribution < 1.29 is 4.79 Å². The molecule has 118 valence electrons. The van der Waals surface area contributed by atoms with Crippen molar-refractivity contribution >= 4 is 11.6 Å². The second-order valence-corrected chi connectivity index (χ2v) is 6.18. The number of hydrogen-bond acceptors (Lipinski definition) is 4. The van der Waals surface area contributed by atoms with Crippen molar-refractivity contribution in [3.8, 4) is 0 Å². The third-order valence-electron chi connectivity index (χ3n) is 3.23. The van der Waals surface area contributed by atoms with Crippen molar-refractivity contribution in [2.24, 2.45) is 5.92 Å². The van der Waals surface area contributed by atoms with Crippen molar-refractivity contribution in [1.29, 1.82) is 0 Å². The van der Waals surface area contributed by atoms with E-state index in [0.29, 0.717) is 11.5 Å². The number of aryl methyl sites for hydroxylation is 1. The molecule has 0 saturated heterocycles. The zero-order valence-corrected chi connectivity index (χ0v) is 14.0. The molecule has 1 heterocycles. The van der Waals surface area contributed by atoms with Crippen molar-refractivity contribution in [3.63, 3.8) is 0 Å². The zero-order valence-electron chi connectivity index (χ0n) is 14.0. The van der Waals surface area contributed by atoms with Crippen LogP contribution >= 0.6 is 0 Å². The Morgan fingerprint density at radius 2 is 2.05 bits per heavy atom. The smallest absolute Gasteiger partial charge is 0.255 e. The van der Waals surface area contributed by atoms with E-state index in [4.69, 9.17) is 0 Å². The Labute approximate surface area is 128 Å². The maximum atomic E-state index is 12.5. The lowest BCUT2D eigenvalue weighted by molar-refractivity contribution is 0.0925. The molecule has 0 aromatic carbocycles. The molecule has 5 nitrogen and oxygen atoms in total. The molecular weight excluding hydrogens is 264 g/mol. The monoisotopic (exact) mass is 292 g/mol. The molecule has 0 bridgehead atoms. The number of amides is 1. The third kappa shape index (κ3) is 5.71. The van der Waals surface area contributed by atoms with Crippen molar-refractivity contribution in [2.45, 2.75) is 33.2 Å². The first-order chi connectivity index (χ1) is 9.83. The summed E-state index contributed by atoms with van der Waals surface area (Å²) in [7, 11) is 5.86. The second kappa shape index (κ2) is 7.98. The molecule has 0 spiro atoms. The standard InChI is InChI=1S/C16H28N4O/c1-11(2)7-13(10-20(5)6)19-16(21)14-9-18-12(3)8-15(14)17-4/h8-9,11,13H,7,10H2,1-6H3,(H,17,18)(H,19,21). The van der Waals surface area contributed by atoms with Gasteiger partial charge >= 0.3 is 0 Å². The van der Waals surface area contributed by atoms with Crippen LogP contribution in [0.1, 0.15) is 36.3 Å². The van der Waals surface area contributed by atoms with Gasteiger partial charge in [0.1, 0.15) is 0 Å². The topological polar surface area (TPSA) is 57.3 Å². The largest absolute Gasteiger partial charge is 0.387 e. The van der Waals surface area contributed by atoms with E-state index in [0.717, 1.165) is 24.3 Å². The van der Waals surface area contributed by atoms with Gasteiger partial charge in [-0.05, 0) is 39.4 Å². The lowest BCUT2D eigenvalue weighted by Gasteiger charge is -2.24. The summed E-state index contributed by atoms with van der Waals surface area (Å²) in [4.78, 5) is 18.8. The van der Waals surface area contributed by atoms with Gasteiger partial charge in [-0.1, -0.05) is 13.8 Å². The summed E-state index contributed by atoms with van der Waals surface area (Å²) in [6.45, 7) is 7.08. The van der Waals surface area contributed by atoms with Gasteiger partial charge in [0.15, 0.2) is 0 Å². The molecule has 2 N–H and O–H groups in total. The SMILES string of the molecule is CNc1cc(C)ncc1C(=O)NC(CC(C)C)CN(C)C. The van der Waals surface area contributed by atoms with Crippen LogP contribution in [0.2, 0.25) is 0 Å². The maximum Gasteiger partial charge on any atom is 0.255 e. The molecule has 0 radical (unpaired) electrons. The number of nitrogens with one attached hydrogen (secondary N) is 2. The molecule has 1 atom stereocenters. The van der Waals surface area contributed by atoms with E-state index in [1.54, 1.807) is 6.20 Å². The lowest BCUT2D eigenvalue weighted by atomic mass is 10.0. The fraction of sp³-hybridized carbons (Fsp3) is 0.625. The summed E-state index contributed by atoms with van der Waals surface area (Å²) in [5.74, 6) is 0.467. The van der Waals surface area contributed by atoms with E-state index in [1.165, 1.54) is 0 Å². The molecule has 1 aromatic rings. The predicted molar refractivity (Wildman–Crippen MR) is 87.8 cm³/mol. The molecule has 1 unspecified atom stereocenters. The lowest BCUT2D eigenvalue weighted by Crippen LogP contribution is -2.42. The predicted octanol–water partition coefficient (Wildman–Crippen LogP) is 2.14. The van der Waals surface area contributed by atoms with Gasteiger partial charge < -0.3 is 15.5 Å². The first kappa shape index (κ1) is 17.4. The second-order valence-electron chi connectivity index (χ2n) is 6.18. The Balaban J connectivity index is 2.85. The number of nitrogens with zero attached hydrogens (tertiary/aromatic N) is 2. The van der Waals surface area contributed by atoms with Gasteiger partial charge in [-0.15, -0.1) is 0 Å².